The van der Waals surface area contributed by atoms with E-state index in [2.05, 4.69) is 10.00 Å². The first-order chi connectivity index (χ1) is 17.9. The quantitative estimate of drug-likeness (QED) is 0.416. The second-order valence-electron chi connectivity index (χ2n) is 9.12. The molecule has 8 nitrogen and oxygen atoms in total. The summed E-state index contributed by atoms with van der Waals surface area (Å²) < 4.78 is 16.9. The molecule has 0 saturated carbocycles. The van der Waals surface area contributed by atoms with Gasteiger partial charge in [0.05, 0.1) is 11.7 Å². The lowest BCUT2D eigenvalue weighted by molar-refractivity contribution is -0.143. The van der Waals surface area contributed by atoms with Gasteiger partial charge in [-0.1, -0.05) is 48.5 Å². The second-order valence-corrected chi connectivity index (χ2v) is 9.12. The smallest absolute Gasteiger partial charge is 0.350 e. The van der Waals surface area contributed by atoms with Crippen LogP contribution in [0.4, 0.5) is 10.1 Å². The van der Waals surface area contributed by atoms with Gasteiger partial charge in [0, 0.05) is 37.4 Å². The average Bonchev–Trinajstić information content (AvgIpc) is 3.31. The Morgan fingerprint density at radius 3 is 2.16 bits per heavy atom. The highest BCUT2D eigenvalue weighted by atomic mass is 19.1. The number of piperazine rings is 1. The van der Waals surface area contributed by atoms with Gasteiger partial charge in [0.2, 0.25) is 0 Å². The third kappa shape index (κ3) is 4.90. The molecule has 1 saturated heterocycles. The normalized spacial score (nSPS) is 15.9. The maximum absolute atomic E-state index is 14.2. The molecule has 1 aliphatic heterocycles. The molecule has 1 aromatic heterocycles. The average molecular weight is 502 g/mol. The van der Waals surface area contributed by atoms with Crippen molar-refractivity contribution in [2.75, 3.05) is 31.1 Å². The SMILES string of the molecule is C[C@H](c1ccccc1F)n1ncn(-c2ccc(N3CCN([C@@H](C(=O)O)c4ccccc4)CC3)cc2)c1=O. The molecule has 0 aliphatic carbocycles. The largest absolute Gasteiger partial charge is 0.480 e. The zero-order valence-corrected chi connectivity index (χ0v) is 20.4. The summed E-state index contributed by atoms with van der Waals surface area (Å²) in [5.41, 5.74) is 2.49. The molecule has 0 radical (unpaired) electrons. The third-order valence-corrected chi connectivity index (χ3v) is 6.94. The number of nitrogens with zero attached hydrogens (tertiary/aromatic N) is 5. The molecule has 190 valence electrons. The molecule has 1 N–H and O–H groups in total. The van der Waals surface area contributed by atoms with Crippen LogP contribution in [0.1, 0.15) is 30.1 Å². The van der Waals surface area contributed by atoms with E-state index in [-0.39, 0.29) is 11.5 Å². The van der Waals surface area contributed by atoms with Crippen LogP contribution in [0.3, 0.4) is 0 Å². The van der Waals surface area contributed by atoms with Crippen LogP contribution in [0.5, 0.6) is 0 Å². The van der Waals surface area contributed by atoms with Crippen molar-refractivity contribution in [1.29, 1.82) is 0 Å². The Balaban J connectivity index is 1.28. The van der Waals surface area contributed by atoms with E-state index in [0.29, 0.717) is 37.4 Å². The highest BCUT2D eigenvalue weighted by Crippen LogP contribution is 2.25. The number of halogens is 1. The molecule has 3 aromatic carbocycles. The van der Waals surface area contributed by atoms with Gasteiger partial charge in [0.15, 0.2) is 0 Å². The molecule has 0 unspecified atom stereocenters. The van der Waals surface area contributed by atoms with E-state index < -0.39 is 18.1 Å². The van der Waals surface area contributed by atoms with Crippen molar-refractivity contribution in [3.63, 3.8) is 0 Å². The Kier molecular flexibility index (Phi) is 6.87. The number of carboxylic acid groups (broad SMARTS) is 1. The summed E-state index contributed by atoms with van der Waals surface area (Å²) in [4.78, 5) is 29.2. The fourth-order valence-corrected chi connectivity index (χ4v) is 4.91. The Morgan fingerprint density at radius 1 is 0.892 bits per heavy atom. The standard InChI is InChI=1S/C28H28FN5O3/c1-20(24-9-5-6-10-25(24)29)34-28(37)33(19-30-34)23-13-11-22(12-14-23)31-15-17-32(18-16-31)26(27(35)36)21-7-3-2-4-8-21/h2-14,19-20,26H,15-18H2,1H3,(H,35,36)/t20-,26-/m1/s1. The lowest BCUT2D eigenvalue weighted by atomic mass is 10.0. The van der Waals surface area contributed by atoms with Crippen molar-refractivity contribution < 1.29 is 14.3 Å². The fourth-order valence-electron chi connectivity index (χ4n) is 4.91. The molecule has 0 spiro atoms. The zero-order chi connectivity index (χ0) is 25.9. The van der Waals surface area contributed by atoms with Crippen LogP contribution in [-0.4, -0.2) is 56.5 Å². The van der Waals surface area contributed by atoms with E-state index in [9.17, 15) is 19.1 Å². The van der Waals surface area contributed by atoms with E-state index in [1.807, 2.05) is 59.5 Å². The number of hydrogen-bond acceptors (Lipinski definition) is 5. The summed E-state index contributed by atoms with van der Waals surface area (Å²) in [6.45, 7) is 4.36. The van der Waals surface area contributed by atoms with Gasteiger partial charge < -0.3 is 10.0 Å². The monoisotopic (exact) mass is 501 g/mol. The Hall–Kier alpha value is -4.24. The van der Waals surface area contributed by atoms with E-state index in [4.69, 9.17) is 0 Å². The van der Waals surface area contributed by atoms with Crippen molar-refractivity contribution in [2.24, 2.45) is 0 Å². The van der Waals surface area contributed by atoms with Gasteiger partial charge in [-0.3, -0.25) is 9.69 Å². The summed E-state index contributed by atoms with van der Waals surface area (Å²) in [5.74, 6) is -1.22. The predicted molar refractivity (Wildman–Crippen MR) is 139 cm³/mol. The first-order valence-corrected chi connectivity index (χ1v) is 12.2. The van der Waals surface area contributed by atoms with Gasteiger partial charge in [0.1, 0.15) is 18.2 Å². The Bertz CT molecular complexity index is 1430. The molecule has 2 atom stereocenters. The second kappa shape index (κ2) is 10.4. The minimum Gasteiger partial charge on any atom is -0.480 e. The number of anilines is 1. The van der Waals surface area contributed by atoms with Gasteiger partial charge >= 0.3 is 11.7 Å². The third-order valence-electron chi connectivity index (χ3n) is 6.94. The lowest BCUT2D eigenvalue weighted by Gasteiger charge is -2.39. The van der Waals surface area contributed by atoms with Crippen LogP contribution >= 0.6 is 0 Å². The highest BCUT2D eigenvalue weighted by Gasteiger charge is 2.30. The summed E-state index contributed by atoms with van der Waals surface area (Å²) in [7, 11) is 0. The van der Waals surface area contributed by atoms with Crippen LogP contribution in [0.2, 0.25) is 0 Å². The molecule has 2 heterocycles. The van der Waals surface area contributed by atoms with E-state index in [0.717, 1.165) is 11.3 Å². The van der Waals surface area contributed by atoms with Crippen LogP contribution < -0.4 is 10.6 Å². The van der Waals surface area contributed by atoms with Crippen LogP contribution in [0.25, 0.3) is 5.69 Å². The molecule has 4 aromatic rings. The molecule has 1 fully saturated rings. The van der Waals surface area contributed by atoms with E-state index in [1.54, 1.807) is 25.1 Å². The number of hydrogen-bond donors (Lipinski definition) is 1. The van der Waals surface area contributed by atoms with Crippen LogP contribution in [-0.2, 0) is 4.79 Å². The summed E-state index contributed by atoms with van der Waals surface area (Å²) in [6, 6.07) is 22.1. The molecule has 9 heteroatoms. The minimum absolute atomic E-state index is 0.349. The molecular weight excluding hydrogens is 473 g/mol. The molecule has 5 rings (SSSR count). The number of benzene rings is 3. The molecule has 1 aliphatic rings. The van der Waals surface area contributed by atoms with Crippen molar-refractivity contribution in [2.45, 2.75) is 19.0 Å². The highest BCUT2D eigenvalue weighted by molar-refractivity contribution is 5.75. The first-order valence-electron chi connectivity index (χ1n) is 12.2. The zero-order valence-electron chi connectivity index (χ0n) is 20.4. The first kappa shape index (κ1) is 24.5. The van der Waals surface area contributed by atoms with E-state index >= 15 is 0 Å². The topological polar surface area (TPSA) is 83.6 Å². The Morgan fingerprint density at radius 2 is 1.51 bits per heavy atom. The van der Waals surface area contributed by atoms with Crippen molar-refractivity contribution in [3.05, 3.63) is 113 Å². The summed E-state index contributed by atoms with van der Waals surface area (Å²) in [5, 5.41) is 14.1. The van der Waals surface area contributed by atoms with Gasteiger partial charge in [-0.05, 0) is 42.8 Å². The molecule has 0 amide bonds. The Labute approximate surface area is 213 Å². The van der Waals surface area contributed by atoms with Crippen LogP contribution in [0, 0.1) is 5.82 Å². The predicted octanol–water partition coefficient (Wildman–Crippen LogP) is 3.73. The maximum atomic E-state index is 14.2. The van der Waals surface area contributed by atoms with Gasteiger partial charge in [-0.2, -0.15) is 5.10 Å². The number of carbonyl (C=O) groups is 1. The van der Waals surface area contributed by atoms with Gasteiger partial charge in [0.25, 0.3) is 0 Å². The van der Waals surface area contributed by atoms with Gasteiger partial charge in [-0.15, -0.1) is 0 Å². The fraction of sp³-hybridized carbons (Fsp3) is 0.250. The number of rotatable bonds is 7. The number of carboxylic acids is 1. The van der Waals surface area contributed by atoms with E-state index in [1.165, 1.54) is 21.6 Å². The maximum Gasteiger partial charge on any atom is 0.350 e. The minimum atomic E-state index is -0.848. The number of aromatic nitrogens is 3. The molecular formula is C28H28FN5O3. The van der Waals surface area contributed by atoms with Gasteiger partial charge in [-0.25, -0.2) is 18.4 Å². The van der Waals surface area contributed by atoms with Crippen molar-refractivity contribution in [3.8, 4) is 5.69 Å². The van der Waals surface area contributed by atoms with Crippen molar-refractivity contribution >= 4 is 11.7 Å². The summed E-state index contributed by atoms with van der Waals surface area (Å²) in [6.07, 6.45) is 1.45. The lowest BCUT2D eigenvalue weighted by Crippen LogP contribution is -2.49. The van der Waals surface area contributed by atoms with Crippen LogP contribution in [0.15, 0.2) is 90.0 Å². The number of aliphatic carboxylic acids is 1. The molecule has 37 heavy (non-hydrogen) atoms. The van der Waals surface area contributed by atoms with Crippen molar-refractivity contribution in [1.82, 2.24) is 19.2 Å². The summed E-state index contributed by atoms with van der Waals surface area (Å²) >= 11 is 0. The molecule has 0 bridgehead atoms.